The Morgan fingerprint density at radius 1 is 1.60 bits per heavy atom. The highest BCUT2D eigenvalue weighted by Crippen LogP contribution is 2.27. The number of rotatable bonds is 3. The summed E-state index contributed by atoms with van der Waals surface area (Å²) in [5.41, 5.74) is -0.594. The second-order valence-electron chi connectivity index (χ2n) is 4.82. The molecule has 1 atom stereocenters. The van der Waals surface area contributed by atoms with Crippen LogP contribution in [0.15, 0.2) is 0 Å². The van der Waals surface area contributed by atoms with Crippen LogP contribution in [0.2, 0.25) is 0 Å². The maximum absolute atomic E-state index is 11.9. The van der Waals surface area contributed by atoms with E-state index in [1.54, 1.807) is 4.90 Å². The highest BCUT2D eigenvalue weighted by atomic mass is 16.3. The van der Waals surface area contributed by atoms with Crippen molar-refractivity contribution in [1.29, 1.82) is 0 Å². The van der Waals surface area contributed by atoms with Gasteiger partial charge in [-0.05, 0) is 25.8 Å². The molecule has 2 aliphatic heterocycles. The number of nitrogens with one attached hydrogen (secondary N) is 1. The van der Waals surface area contributed by atoms with Crippen molar-refractivity contribution < 1.29 is 9.90 Å². The van der Waals surface area contributed by atoms with Crippen LogP contribution < -0.4 is 5.32 Å². The van der Waals surface area contributed by atoms with Gasteiger partial charge < -0.3 is 15.3 Å². The average Bonchev–Trinajstić information content (AvgIpc) is 2.66. The van der Waals surface area contributed by atoms with Gasteiger partial charge in [-0.3, -0.25) is 4.79 Å². The van der Waals surface area contributed by atoms with Crippen molar-refractivity contribution in [2.24, 2.45) is 0 Å². The molecule has 2 saturated heterocycles. The van der Waals surface area contributed by atoms with Crippen LogP contribution in [0.3, 0.4) is 0 Å². The van der Waals surface area contributed by atoms with Crippen LogP contribution in [0.1, 0.15) is 32.6 Å². The fourth-order valence-electron chi connectivity index (χ4n) is 2.56. The summed E-state index contributed by atoms with van der Waals surface area (Å²) in [5, 5.41) is 13.1. The second kappa shape index (κ2) is 4.10. The SMILES string of the molecule is CCCC1(O)CN(C(=O)[C@@H]2CCCN2)C1. The van der Waals surface area contributed by atoms with Gasteiger partial charge in [-0.1, -0.05) is 13.3 Å². The molecule has 2 fully saturated rings. The lowest BCUT2D eigenvalue weighted by Crippen LogP contribution is -2.65. The van der Waals surface area contributed by atoms with E-state index in [4.69, 9.17) is 0 Å². The Balaban J connectivity index is 1.80. The number of carbonyl (C=O) groups is 1. The van der Waals surface area contributed by atoms with Gasteiger partial charge in [-0.2, -0.15) is 0 Å². The molecule has 2 aliphatic rings. The van der Waals surface area contributed by atoms with E-state index in [0.717, 1.165) is 32.2 Å². The molecule has 0 aromatic carbocycles. The zero-order valence-corrected chi connectivity index (χ0v) is 9.33. The number of hydrogen-bond donors (Lipinski definition) is 2. The van der Waals surface area contributed by atoms with Crippen molar-refractivity contribution in [1.82, 2.24) is 10.2 Å². The molecule has 2 heterocycles. The number of carbonyl (C=O) groups excluding carboxylic acids is 1. The van der Waals surface area contributed by atoms with Gasteiger partial charge >= 0.3 is 0 Å². The van der Waals surface area contributed by atoms with Gasteiger partial charge in [-0.15, -0.1) is 0 Å². The van der Waals surface area contributed by atoms with Gasteiger partial charge in [0.15, 0.2) is 0 Å². The maximum Gasteiger partial charge on any atom is 0.239 e. The van der Waals surface area contributed by atoms with E-state index < -0.39 is 5.60 Å². The molecule has 0 aromatic rings. The largest absolute Gasteiger partial charge is 0.386 e. The summed E-state index contributed by atoms with van der Waals surface area (Å²) in [6.45, 7) is 4.06. The molecule has 1 amide bonds. The number of aliphatic hydroxyl groups is 1. The quantitative estimate of drug-likeness (QED) is 0.698. The van der Waals surface area contributed by atoms with E-state index in [0.29, 0.717) is 13.1 Å². The Labute approximate surface area is 90.6 Å². The van der Waals surface area contributed by atoms with Crippen LogP contribution in [0.4, 0.5) is 0 Å². The van der Waals surface area contributed by atoms with Gasteiger partial charge in [0.2, 0.25) is 5.91 Å². The second-order valence-corrected chi connectivity index (χ2v) is 4.82. The molecule has 0 radical (unpaired) electrons. The summed E-state index contributed by atoms with van der Waals surface area (Å²) in [5.74, 6) is 0.174. The fraction of sp³-hybridized carbons (Fsp3) is 0.909. The Bertz CT molecular complexity index is 243. The topological polar surface area (TPSA) is 52.6 Å². The molecule has 0 unspecified atom stereocenters. The molecule has 0 aromatic heterocycles. The van der Waals surface area contributed by atoms with Crippen molar-refractivity contribution in [3.8, 4) is 0 Å². The maximum atomic E-state index is 11.9. The molecule has 0 aliphatic carbocycles. The molecule has 0 spiro atoms. The first-order valence-corrected chi connectivity index (χ1v) is 5.89. The monoisotopic (exact) mass is 212 g/mol. The molecule has 0 saturated carbocycles. The first-order chi connectivity index (χ1) is 7.14. The van der Waals surface area contributed by atoms with Crippen LogP contribution in [0.25, 0.3) is 0 Å². The van der Waals surface area contributed by atoms with E-state index in [1.165, 1.54) is 0 Å². The van der Waals surface area contributed by atoms with Crippen molar-refractivity contribution in [3.05, 3.63) is 0 Å². The molecule has 86 valence electrons. The van der Waals surface area contributed by atoms with E-state index in [1.807, 2.05) is 0 Å². The van der Waals surface area contributed by atoms with Crippen molar-refractivity contribution in [2.45, 2.75) is 44.2 Å². The van der Waals surface area contributed by atoms with Gasteiger partial charge in [-0.25, -0.2) is 0 Å². The average molecular weight is 212 g/mol. The molecule has 2 rings (SSSR count). The molecule has 15 heavy (non-hydrogen) atoms. The van der Waals surface area contributed by atoms with Crippen LogP contribution in [0, 0.1) is 0 Å². The number of β-amino-alcohol motifs (C(OH)–C–C–N with tert-alkyl or cyclic N) is 1. The Morgan fingerprint density at radius 3 is 2.87 bits per heavy atom. The van der Waals surface area contributed by atoms with Gasteiger partial charge in [0, 0.05) is 0 Å². The van der Waals surface area contributed by atoms with E-state index in [2.05, 4.69) is 12.2 Å². The predicted octanol–water partition coefficient (Wildman–Crippen LogP) is 0.112. The summed E-state index contributed by atoms with van der Waals surface area (Å²) < 4.78 is 0. The summed E-state index contributed by atoms with van der Waals surface area (Å²) in [6, 6.07) is 0.0103. The van der Waals surface area contributed by atoms with E-state index >= 15 is 0 Å². The molecule has 2 N–H and O–H groups in total. The standard InChI is InChI=1S/C11H20N2O2/c1-2-5-11(15)7-13(8-11)10(14)9-4-3-6-12-9/h9,12,15H,2-8H2,1H3/t9-/m0/s1. The zero-order chi connectivity index (χ0) is 10.9. The summed E-state index contributed by atoms with van der Waals surface area (Å²) in [6.07, 6.45) is 3.81. The minimum absolute atomic E-state index is 0.0103. The minimum atomic E-state index is -0.594. The van der Waals surface area contributed by atoms with Gasteiger partial charge in [0.25, 0.3) is 0 Å². The lowest BCUT2D eigenvalue weighted by molar-refractivity contribution is -0.158. The molecule has 0 bridgehead atoms. The normalized spacial score (nSPS) is 28.9. The Morgan fingerprint density at radius 2 is 2.33 bits per heavy atom. The van der Waals surface area contributed by atoms with Crippen LogP contribution in [-0.2, 0) is 4.79 Å². The Hall–Kier alpha value is -0.610. The lowest BCUT2D eigenvalue weighted by Gasteiger charge is -2.47. The summed E-state index contributed by atoms with van der Waals surface area (Å²) in [7, 11) is 0. The van der Waals surface area contributed by atoms with Crippen LogP contribution >= 0.6 is 0 Å². The van der Waals surface area contributed by atoms with Crippen molar-refractivity contribution >= 4 is 5.91 Å². The molecule has 4 heteroatoms. The van der Waals surface area contributed by atoms with Crippen LogP contribution in [0.5, 0.6) is 0 Å². The molecular formula is C11H20N2O2. The minimum Gasteiger partial charge on any atom is -0.386 e. The number of amides is 1. The van der Waals surface area contributed by atoms with Gasteiger partial charge in [0.05, 0.1) is 24.7 Å². The third-order valence-corrected chi connectivity index (χ3v) is 3.36. The first-order valence-electron chi connectivity index (χ1n) is 5.89. The third kappa shape index (κ3) is 2.16. The highest BCUT2D eigenvalue weighted by Gasteiger charge is 2.44. The van der Waals surface area contributed by atoms with Crippen molar-refractivity contribution in [3.63, 3.8) is 0 Å². The van der Waals surface area contributed by atoms with Crippen LogP contribution in [-0.4, -0.2) is 47.2 Å². The smallest absolute Gasteiger partial charge is 0.239 e. The van der Waals surface area contributed by atoms with Gasteiger partial charge in [0.1, 0.15) is 0 Å². The highest BCUT2D eigenvalue weighted by molar-refractivity contribution is 5.83. The third-order valence-electron chi connectivity index (χ3n) is 3.36. The number of likely N-dealkylation sites (tertiary alicyclic amines) is 1. The Kier molecular flexibility index (Phi) is 2.98. The number of hydrogen-bond acceptors (Lipinski definition) is 3. The summed E-state index contributed by atoms with van der Waals surface area (Å²) >= 11 is 0. The first kappa shape index (κ1) is 10.9. The lowest BCUT2D eigenvalue weighted by atomic mass is 9.88. The fourth-order valence-corrected chi connectivity index (χ4v) is 2.56. The predicted molar refractivity (Wildman–Crippen MR) is 57.5 cm³/mol. The van der Waals surface area contributed by atoms with Crippen molar-refractivity contribution in [2.75, 3.05) is 19.6 Å². The zero-order valence-electron chi connectivity index (χ0n) is 9.33. The molecular weight excluding hydrogens is 192 g/mol. The molecule has 4 nitrogen and oxygen atoms in total. The summed E-state index contributed by atoms with van der Waals surface area (Å²) in [4.78, 5) is 13.6. The van der Waals surface area contributed by atoms with E-state index in [9.17, 15) is 9.90 Å². The number of nitrogens with zero attached hydrogens (tertiary/aromatic N) is 1. The van der Waals surface area contributed by atoms with E-state index in [-0.39, 0.29) is 11.9 Å².